The molecule has 0 amide bonds. The molecule has 41 heavy (non-hydrogen) atoms. The molecular formula is C37H23N3O. The highest BCUT2D eigenvalue weighted by atomic mass is 16.3. The van der Waals surface area contributed by atoms with E-state index in [9.17, 15) is 0 Å². The van der Waals surface area contributed by atoms with E-state index in [1.807, 2.05) is 66.7 Å². The first-order valence-electron chi connectivity index (χ1n) is 13.6. The van der Waals surface area contributed by atoms with Gasteiger partial charge in [-0.05, 0) is 29.1 Å². The zero-order valence-corrected chi connectivity index (χ0v) is 22.0. The third kappa shape index (κ3) is 4.05. The van der Waals surface area contributed by atoms with E-state index in [1.165, 1.54) is 0 Å². The lowest BCUT2D eigenvalue weighted by atomic mass is 9.98. The zero-order valence-electron chi connectivity index (χ0n) is 22.0. The summed E-state index contributed by atoms with van der Waals surface area (Å²) in [6.45, 7) is 0. The van der Waals surface area contributed by atoms with Crippen molar-refractivity contribution in [3.63, 3.8) is 0 Å². The number of fused-ring (bicyclic) bond motifs is 5. The Balaban J connectivity index is 1.44. The highest BCUT2D eigenvalue weighted by molar-refractivity contribution is 6.18. The second kappa shape index (κ2) is 9.54. The number of furan rings is 1. The molecule has 8 aromatic rings. The molecule has 0 N–H and O–H groups in total. The van der Waals surface area contributed by atoms with E-state index in [0.29, 0.717) is 17.5 Å². The average molecular weight is 526 g/mol. The highest BCUT2D eigenvalue weighted by Gasteiger charge is 2.19. The topological polar surface area (TPSA) is 51.8 Å². The maximum absolute atomic E-state index is 6.68. The number of benzene rings is 6. The van der Waals surface area contributed by atoms with Crippen LogP contribution in [0.4, 0.5) is 0 Å². The Bertz CT molecular complexity index is 2130. The van der Waals surface area contributed by atoms with Crippen LogP contribution in [0, 0.1) is 0 Å². The predicted octanol–water partition coefficient (Wildman–Crippen LogP) is 9.59. The maximum Gasteiger partial charge on any atom is 0.164 e. The molecule has 0 aliphatic heterocycles. The van der Waals surface area contributed by atoms with Crippen LogP contribution in [0.15, 0.2) is 144 Å². The molecule has 192 valence electrons. The van der Waals surface area contributed by atoms with Gasteiger partial charge in [-0.15, -0.1) is 0 Å². The van der Waals surface area contributed by atoms with Gasteiger partial charge >= 0.3 is 0 Å². The number of rotatable bonds is 4. The minimum atomic E-state index is 0.618. The van der Waals surface area contributed by atoms with Gasteiger partial charge < -0.3 is 4.42 Å². The van der Waals surface area contributed by atoms with Gasteiger partial charge in [0.15, 0.2) is 17.5 Å². The molecule has 0 spiro atoms. The van der Waals surface area contributed by atoms with Crippen molar-refractivity contribution >= 4 is 32.7 Å². The fourth-order valence-corrected chi connectivity index (χ4v) is 5.50. The molecule has 2 heterocycles. The second-order valence-corrected chi connectivity index (χ2v) is 10.1. The van der Waals surface area contributed by atoms with Crippen LogP contribution in [-0.4, -0.2) is 15.0 Å². The number of nitrogens with zero attached hydrogens (tertiary/aromatic N) is 3. The maximum atomic E-state index is 6.68. The van der Waals surface area contributed by atoms with Gasteiger partial charge in [0, 0.05) is 38.4 Å². The zero-order chi connectivity index (χ0) is 27.2. The molecule has 4 nitrogen and oxygen atoms in total. The van der Waals surface area contributed by atoms with Crippen molar-refractivity contribution < 1.29 is 4.42 Å². The fraction of sp³-hybridized carbons (Fsp3) is 0. The summed E-state index contributed by atoms with van der Waals surface area (Å²) in [5.41, 5.74) is 6.61. The van der Waals surface area contributed by atoms with Crippen molar-refractivity contribution in [1.29, 1.82) is 0 Å². The summed E-state index contributed by atoms with van der Waals surface area (Å²) in [5.74, 6) is 1.89. The normalized spacial score (nSPS) is 11.4. The van der Waals surface area contributed by atoms with Crippen LogP contribution in [0.5, 0.6) is 0 Å². The molecule has 0 aliphatic carbocycles. The average Bonchev–Trinajstić information content (AvgIpc) is 3.44. The first-order chi connectivity index (χ1) is 20.3. The van der Waals surface area contributed by atoms with Crippen LogP contribution in [0.1, 0.15) is 0 Å². The molecule has 0 bridgehead atoms. The van der Waals surface area contributed by atoms with E-state index >= 15 is 0 Å². The Hall–Kier alpha value is -5.61. The lowest BCUT2D eigenvalue weighted by Gasteiger charge is -2.10. The van der Waals surface area contributed by atoms with E-state index in [-0.39, 0.29) is 0 Å². The Kier molecular flexibility index (Phi) is 5.42. The lowest BCUT2D eigenvalue weighted by Crippen LogP contribution is -2.00. The van der Waals surface area contributed by atoms with E-state index in [1.54, 1.807) is 0 Å². The number of hydrogen-bond acceptors (Lipinski definition) is 4. The Morgan fingerprint density at radius 3 is 1.54 bits per heavy atom. The fourth-order valence-electron chi connectivity index (χ4n) is 5.50. The molecule has 2 aromatic heterocycles. The van der Waals surface area contributed by atoms with Crippen LogP contribution in [0.25, 0.3) is 78.0 Å². The van der Waals surface area contributed by atoms with Crippen molar-refractivity contribution in [3.05, 3.63) is 140 Å². The van der Waals surface area contributed by atoms with Crippen LogP contribution in [0.2, 0.25) is 0 Å². The molecule has 0 radical (unpaired) electrons. The smallest absolute Gasteiger partial charge is 0.164 e. The lowest BCUT2D eigenvalue weighted by molar-refractivity contribution is 0.674. The van der Waals surface area contributed by atoms with Crippen LogP contribution >= 0.6 is 0 Å². The monoisotopic (exact) mass is 525 g/mol. The van der Waals surface area contributed by atoms with Crippen molar-refractivity contribution in [2.75, 3.05) is 0 Å². The van der Waals surface area contributed by atoms with E-state index in [0.717, 1.165) is 60.5 Å². The third-order valence-electron chi connectivity index (χ3n) is 7.51. The third-order valence-corrected chi connectivity index (χ3v) is 7.51. The summed E-state index contributed by atoms with van der Waals surface area (Å²) in [4.78, 5) is 14.9. The van der Waals surface area contributed by atoms with Gasteiger partial charge in [0.1, 0.15) is 11.2 Å². The van der Waals surface area contributed by atoms with Crippen LogP contribution in [-0.2, 0) is 0 Å². The van der Waals surface area contributed by atoms with Gasteiger partial charge in [-0.1, -0.05) is 121 Å². The van der Waals surface area contributed by atoms with Gasteiger partial charge in [0.25, 0.3) is 0 Å². The van der Waals surface area contributed by atoms with Crippen molar-refractivity contribution in [3.8, 4) is 45.3 Å². The second-order valence-electron chi connectivity index (χ2n) is 10.1. The van der Waals surface area contributed by atoms with Crippen molar-refractivity contribution in [1.82, 2.24) is 15.0 Å². The molecular weight excluding hydrogens is 502 g/mol. The summed E-state index contributed by atoms with van der Waals surface area (Å²) in [7, 11) is 0. The molecule has 0 saturated carbocycles. The van der Waals surface area contributed by atoms with Crippen LogP contribution < -0.4 is 0 Å². The first kappa shape index (κ1) is 23.3. The van der Waals surface area contributed by atoms with Crippen LogP contribution in [0.3, 0.4) is 0 Å². The minimum absolute atomic E-state index is 0.618. The molecule has 6 aromatic carbocycles. The summed E-state index contributed by atoms with van der Waals surface area (Å²) in [5, 5.41) is 4.35. The minimum Gasteiger partial charge on any atom is -0.455 e. The van der Waals surface area contributed by atoms with Gasteiger partial charge in [-0.2, -0.15) is 0 Å². The molecule has 0 atom stereocenters. The van der Waals surface area contributed by atoms with E-state index < -0.39 is 0 Å². The molecule has 0 saturated heterocycles. The Morgan fingerprint density at radius 1 is 0.366 bits per heavy atom. The number of hydrogen-bond donors (Lipinski definition) is 0. The summed E-state index contributed by atoms with van der Waals surface area (Å²) < 4.78 is 6.68. The van der Waals surface area contributed by atoms with Gasteiger partial charge in [-0.25, -0.2) is 15.0 Å². The molecule has 0 unspecified atom stereocenters. The highest BCUT2D eigenvalue weighted by Crippen LogP contribution is 2.41. The molecule has 0 fully saturated rings. The van der Waals surface area contributed by atoms with Crippen molar-refractivity contribution in [2.45, 2.75) is 0 Å². The predicted molar refractivity (Wildman–Crippen MR) is 166 cm³/mol. The van der Waals surface area contributed by atoms with Gasteiger partial charge in [0.2, 0.25) is 0 Å². The Morgan fingerprint density at radius 2 is 0.902 bits per heavy atom. The van der Waals surface area contributed by atoms with Gasteiger partial charge in [-0.3, -0.25) is 0 Å². The first-order valence-corrected chi connectivity index (χ1v) is 13.6. The SMILES string of the molecule is c1ccc(-c2nc(-c3ccccc3)nc(-c3cc(-c4ccccc4)c4oc5c6ccccc6ccc5c4c3)n2)cc1. The standard InChI is InChI=1S/C37H23N3O/c1-4-12-24(13-5-1)31-22-28(23-32-30-21-20-25-14-10-11-19-29(25)33(30)41-34(31)32)37-39-35(26-15-6-2-7-16-26)38-36(40-37)27-17-8-3-9-18-27/h1-23H. The summed E-state index contributed by atoms with van der Waals surface area (Å²) in [6.07, 6.45) is 0. The van der Waals surface area contributed by atoms with E-state index in [2.05, 4.69) is 72.8 Å². The van der Waals surface area contributed by atoms with Gasteiger partial charge in [0.05, 0.1) is 0 Å². The summed E-state index contributed by atoms with van der Waals surface area (Å²) >= 11 is 0. The van der Waals surface area contributed by atoms with E-state index in [4.69, 9.17) is 19.4 Å². The van der Waals surface area contributed by atoms with Crippen molar-refractivity contribution in [2.24, 2.45) is 0 Å². The largest absolute Gasteiger partial charge is 0.455 e. The molecule has 0 aliphatic rings. The Labute approximate surface area is 236 Å². The number of aromatic nitrogens is 3. The summed E-state index contributed by atoms with van der Waals surface area (Å²) in [6, 6.07) is 47.4. The quantitative estimate of drug-likeness (QED) is 0.230. The molecule has 4 heteroatoms. The molecule has 8 rings (SSSR count).